The molecule has 0 bridgehead atoms. The van der Waals surface area contributed by atoms with Crippen LogP contribution >= 0.6 is 0 Å². The Labute approximate surface area is 111 Å². The van der Waals surface area contributed by atoms with Gasteiger partial charge in [0.05, 0.1) is 5.60 Å². The normalized spacial score (nSPS) is 14.7. The summed E-state index contributed by atoms with van der Waals surface area (Å²) in [5.41, 5.74) is 0.800. The van der Waals surface area contributed by atoms with Crippen molar-refractivity contribution < 1.29 is 5.11 Å². The van der Waals surface area contributed by atoms with Crippen LogP contribution in [0.25, 0.3) is 0 Å². The van der Waals surface area contributed by atoms with Crippen LogP contribution in [0.5, 0.6) is 0 Å². The van der Waals surface area contributed by atoms with Crippen LogP contribution in [-0.4, -0.2) is 23.8 Å². The number of benzene rings is 1. The lowest BCUT2D eigenvalue weighted by atomic mass is 9.94. The maximum atomic E-state index is 10.1. The van der Waals surface area contributed by atoms with E-state index in [0.717, 1.165) is 25.8 Å². The summed E-state index contributed by atoms with van der Waals surface area (Å²) in [4.78, 5) is 0. The Hall–Kier alpha value is -0.860. The van der Waals surface area contributed by atoms with Gasteiger partial charge in [0, 0.05) is 6.54 Å². The third kappa shape index (κ3) is 6.77. The largest absolute Gasteiger partial charge is 0.389 e. The average Bonchev–Trinajstić information content (AvgIpc) is 2.28. The Balaban J connectivity index is 2.12. The van der Waals surface area contributed by atoms with Gasteiger partial charge < -0.3 is 10.4 Å². The van der Waals surface area contributed by atoms with E-state index in [1.807, 2.05) is 13.0 Å². The first-order valence-corrected chi connectivity index (χ1v) is 6.97. The molecule has 2 heteroatoms. The summed E-state index contributed by atoms with van der Waals surface area (Å²) in [6, 6.07) is 10.5. The van der Waals surface area contributed by atoms with Crippen LogP contribution in [0, 0.1) is 5.92 Å². The smallest absolute Gasteiger partial charge is 0.0746 e. The molecule has 1 rings (SSSR count). The lowest BCUT2D eigenvalue weighted by molar-refractivity contribution is 0.0387. The van der Waals surface area contributed by atoms with Gasteiger partial charge >= 0.3 is 0 Å². The fourth-order valence-corrected chi connectivity index (χ4v) is 2.37. The molecule has 102 valence electrons. The number of hydrogen-bond acceptors (Lipinski definition) is 2. The zero-order chi connectivity index (χ0) is 13.4. The van der Waals surface area contributed by atoms with Crippen LogP contribution in [0.2, 0.25) is 0 Å². The van der Waals surface area contributed by atoms with Gasteiger partial charge in [-0.3, -0.25) is 0 Å². The van der Waals surface area contributed by atoms with Crippen molar-refractivity contribution in [3.05, 3.63) is 35.9 Å². The van der Waals surface area contributed by atoms with Crippen LogP contribution in [0.1, 0.15) is 39.2 Å². The van der Waals surface area contributed by atoms with Crippen LogP contribution in [0.15, 0.2) is 30.3 Å². The predicted octanol–water partition coefficient (Wildman–Crippen LogP) is 3.01. The molecule has 1 aromatic rings. The zero-order valence-electron chi connectivity index (χ0n) is 11.9. The predicted molar refractivity (Wildman–Crippen MR) is 77.7 cm³/mol. The van der Waals surface area contributed by atoms with Gasteiger partial charge in [0.25, 0.3) is 0 Å². The first kappa shape index (κ1) is 15.2. The highest BCUT2D eigenvalue weighted by molar-refractivity contribution is 5.14. The molecule has 0 spiro atoms. The van der Waals surface area contributed by atoms with Crippen molar-refractivity contribution >= 4 is 0 Å². The van der Waals surface area contributed by atoms with Crippen LogP contribution in [-0.2, 0) is 6.42 Å². The fraction of sp³-hybridized carbons (Fsp3) is 0.625. The topological polar surface area (TPSA) is 32.3 Å². The van der Waals surface area contributed by atoms with Crippen molar-refractivity contribution in [2.75, 3.05) is 13.1 Å². The average molecular weight is 249 g/mol. The lowest BCUT2D eigenvalue weighted by Gasteiger charge is -2.25. The molecule has 0 radical (unpaired) electrons. The molecule has 0 saturated carbocycles. The van der Waals surface area contributed by atoms with Gasteiger partial charge in [-0.15, -0.1) is 0 Å². The van der Waals surface area contributed by atoms with E-state index in [1.165, 1.54) is 5.56 Å². The number of aryl methyl sites for hydroxylation is 1. The van der Waals surface area contributed by atoms with E-state index in [-0.39, 0.29) is 0 Å². The molecule has 18 heavy (non-hydrogen) atoms. The van der Waals surface area contributed by atoms with Crippen molar-refractivity contribution in [2.24, 2.45) is 5.92 Å². The minimum Gasteiger partial charge on any atom is -0.389 e. The maximum Gasteiger partial charge on any atom is 0.0746 e. The number of aliphatic hydroxyl groups is 1. The molecule has 2 N–H and O–H groups in total. The number of hydrogen-bond donors (Lipinski definition) is 2. The standard InChI is InChI=1S/C16H27NO/c1-14(2)12-16(3,18)13-17-11-7-10-15-8-5-4-6-9-15/h4-6,8-9,14,17-18H,7,10-13H2,1-3H3. The summed E-state index contributed by atoms with van der Waals surface area (Å²) >= 11 is 0. The van der Waals surface area contributed by atoms with Gasteiger partial charge in [-0.05, 0) is 44.2 Å². The molecule has 0 saturated heterocycles. The zero-order valence-corrected chi connectivity index (χ0v) is 11.9. The summed E-state index contributed by atoms with van der Waals surface area (Å²) in [6.07, 6.45) is 3.06. The van der Waals surface area contributed by atoms with Crippen LogP contribution in [0.3, 0.4) is 0 Å². The van der Waals surface area contributed by atoms with Crippen molar-refractivity contribution in [3.8, 4) is 0 Å². The molecule has 0 aliphatic carbocycles. The monoisotopic (exact) mass is 249 g/mol. The molecule has 0 amide bonds. The molecule has 1 unspecified atom stereocenters. The highest BCUT2D eigenvalue weighted by Gasteiger charge is 2.20. The van der Waals surface area contributed by atoms with Crippen molar-refractivity contribution in [1.29, 1.82) is 0 Å². The number of nitrogens with one attached hydrogen (secondary N) is 1. The molecule has 0 aromatic heterocycles. The second kappa shape index (κ2) is 7.55. The second-order valence-electron chi connectivity index (χ2n) is 5.86. The van der Waals surface area contributed by atoms with E-state index < -0.39 is 5.60 Å². The van der Waals surface area contributed by atoms with Crippen LogP contribution < -0.4 is 5.32 Å². The maximum absolute atomic E-state index is 10.1. The van der Waals surface area contributed by atoms with Crippen LogP contribution in [0.4, 0.5) is 0 Å². The van der Waals surface area contributed by atoms with Crippen molar-refractivity contribution in [2.45, 2.75) is 45.6 Å². The van der Waals surface area contributed by atoms with Gasteiger partial charge in [-0.25, -0.2) is 0 Å². The second-order valence-corrected chi connectivity index (χ2v) is 5.86. The fourth-order valence-electron chi connectivity index (χ4n) is 2.37. The molecule has 1 aromatic carbocycles. The van der Waals surface area contributed by atoms with Gasteiger partial charge in [0.15, 0.2) is 0 Å². The van der Waals surface area contributed by atoms with Gasteiger partial charge in [-0.1, -0.05) is 44.2 Å². The Kier molecular flexibility index (Phi) is 6.37. The first-order valence-electron chi connectivity index (χ1n) is 6.97. The SMILES string of the molecule is CC(C)CC(C)(O)CNCCCc1ccccc1. The number of rotatable bonds is 8. The van der Waals surface area contributed by atoms with E-state index in [1.54, 1.807) is 0 Å². The quantitative estimate of drug-likeness (QED) is 0.694. The van der Waals surface area contributed by atoms with Gasteiger partial charge in [0.1, 0.15) is 0 Å². The van der Waals surface area contributed by atoms with Gasteiger partial charge in [-0.2, -0.15) is 0 Å². The third-order valence-electron chi connectivity index (χ3n) is 3.02. The highest BCUT2D eigenvalue weighted by atomic mass is 16.3. The minimum absolute atomic E-state index is 0.533. The van der Waals surface area contributed by atoms with Gasteiger partial charge in [0.2, 0.25) is 0 Å². The molecule has 0 aliphatic heterocycles. The van der Waals surface area contributed by atoms with E-state index in [4.69, 9.17) is 0 Å². The third-order valence-corrected chi connectivity index (χ3v) is 3.02. The molecular formula is C16H27NO. The van der Waals surface area contributed by atoms with Crippen molar-refractivity contribution in [1.82, 2.24) is 5.32 Å². The molecule has 0 heterocycles. The highest BCUT2D eigenvalue weighted by Crippen LogP contribution is 2.14. The Morgan fingerprint density at radius 1 is 1.22 bits per heavy atom. The molecule has 2 nitrogen and oxygen atoms in total. The summed E-state index contributed by atoms with van der Waals surface area (Å²) in [7, 11) is 0. The van der Waals surface area contributed by atoms with E-state index >= 15 is 0 Å². The Morgan fingerprint density at radius 3 is 2.50 bits per heavy atom. The Morgan fingerprint density at radius 2 is 1.89 bits per heavy atom. The summed E-state index contributed by atoms with van der Waals surface area (Å²) in [5.74, 6) is 0.533. The molecular weight excluding hydrogens is 222 g/mol. The molecule has 0 fully saturated rings. The minimum atomic E-state index is -0.582. The summed E-state index contributed by atoms with van der Waals surface area (Å²) in [6.45, 7) is 7.84. The molecule has 1 atom stereocenters. The molecule has 0 aliphatic rings. The lowest BCUT2D eigenvalue weighted by Crippen LogP contribution is -2.39. The van der Waals surface area contributed by atoms with E-state index in [0.29, 0.717) is 12.5 Å². The summed E-state index contributed by atoms with van der Waals surface area (Å²) in [5, 5.41) is 13.5. The van der Waals surface area contributed by atoms with Crippen molar-refractivity contribution in [3.63, 3.8) is 0 Å². The van der Waals surface area contributed by atoms with E-state index in [9.17, 15) is 5.11 Å². The first-order chi connectivity index (χ1) is 8.49. The summed E-state index contributed by atoms with van der Waals surface area (Å²) < 4.78 is 0. The Bertz CT molecular complexity index is 319. The van der Waals surface area contributed by atoms with E-state index in [2.05, 4.69) is 43.4 Å².